The monoisotopic (exact) mass is 356 g/mol. The number of hydrogen-bond donors (Lipinski definition) is 2. The van der Waals surface area contributed by atoms with Gasteiger partial charge in [0.05, 0.1) is 25.8 Å². The van der Waals surface area contributed by atoms with Crippen LogP contribution in [0.25, 0.3) is 0 Å². The molecular weight excluding hydrogens is 332 g/mol. The first kappa shape index (κ1) is 18.8. The number of nitrogens with zero attached hydrogens (tertiary/aromatic N) is 1. The van der Waals surface area contributed by atoms with Crippen molar-refractivity contribution < 1.29 is 19.4 Å². The first-order valence-corrected chi connectivity index (χ1v) is 8.46. The van der Waals surface area contributed by atoms with Crippen molar-refractivity contribution in [3.63, 3.8) is 0 Å². The van der Waals surface area contributed by atoms with Crippen LogP contribution in [0.3, 0.4) is 0 Å². The van der Waals surface area contributed by atoms with Gasteiger partial charge < -0.3 is 19.9 Å². The molecule has 0 atom stereocenters. The van der Waals surface area contributed by atoms with E-state index in [4.69, 9.17) is 26.2 Å². The number of ether oxygens (including phenoxy) is 2. The van der Waals surface area contributed by atoms with Gasteiger partial charge in [-0.2, -0.15) is 0 Å². The van der Waals surface area contributed by atoms with Crippen LogP contribution in [0.15, 0.2) is 12.1 Å². The smallest absolute Gasteiger partial charge is 0.317 e. The third kappa shape index (κ3) is 4.32. The zero-order chi connectivity index (χ0) is 17.7. The van der Waals surface area contributed by atoms with Crippen LogP contribution in [-0.2, 0) is 11.3 Å². The molecule has 0 bridgehead atoms. The van der Waals surface area contributed by atoms with Crippen molar-refractivity contribution in [3.8, 4) is 11.5 Å². The Kier molecular flexibility index (Phi) is 6.71. The number of halogens is 1. The summed E-state index contributed by atoms with van der Waals surface area (Å²) >= 11 is 6.38. The second-order valence-corrected chi connectivity index (χ2v) is 6.31. The lowest BCUT2D eigenvalue weighted by Gasteiger charge is -2.42. The molecule has 0 aliphatic heterocycles. The van der Waals surface area contributed by atoms with Crippen molar-refractivity contribution in [3.05, 3.63) is 22.7 Å². The summed E-state index contributed by atoms with van der Waals surface area (Å²) in [6.07, 6.45) is 1.90. The normalized spacial score (nSPS) is 19.9. The molecule has 0 saturated heterocycles. The fraction of sp³-hybridized carbons (Fsp3) is 0.588. The lowest BCUT2D eigenvalue weighted by atomic mass is 9.85. The average molecular weight is 357 g/mol. The van der Waals surface area contributed by atoms with Crippen LogP contribution in [0.2, 0.25) is 5.02 Å². The number of methoxy groups -OCH3 is 2. The van der Waals surface area contributed by atoms with Crippen molar-refractivity contribution in [2.75, 3.05) is 27.3 Å². The van der Waals surface area contributed by atoms with Gasteiger partial charge in [-0.1, -0.05) is 24.6 Å². The molecule has 24 heavy (non-hydrogen) atoms. The summed E-state index contributed by atoms with van der Waals surface area (Å²) in [5.74, 6) is 0.385. The van der Waals surface area contributed by atoms with Gasteiger partial charge in [-0.05, 0) is 31.0 Å². The molecule has 2 rings (SSSR count). The number of hydrogen-bond acceptors (Lipinski definition) is 5. The molecule has 0 aromatic heterocycles. The van der Waals surface area contributed by atoms with E-state index in [-0.39, 0.29) is 6.54 Å². The molecule has 134 valence electrons. The van der Waals surface area contributed by atoms with Crippen molar-refractivity contribution in [2.45, 2.75) is 38.4 Å². The van der Waals surface area contributed by atoms with Gasteiger partial charge in [0.1, 0.15) is 0 Å². The zero-order valence-electron chi connectivity index (χ0n) is 14.3. The number of rotatable bonds is 9. The number of aliphatic carboxylic acids is 1. The molecule has 1 aromatic carbocycles. The van der Waals surface area contributed by atoms with Crippen LogP contribution in [0.1, 0.15) is 25.3 Å². The average Bonchev–Trinajstić information content (AvgIpc) is 2.52. The molecule has 1 aromatic rings. The molecule has 1 aliphatic rings. The van der Waals surface area contributed by atoms with Crippen LogP contribution in [-0.4, -0.2) is 55.4 Å². The van der Waals surface area contributed by atoms with Crippen LogP contribution in [0, 0.1) is 0 Å². The van der Waals surface area contributed by atoms with Crippen molar-refractivity contribution in [1.82, 2.24) is 10.2 Å². The largest absolute Gasteiger partial charge is 0.493 e. The third-order valence-corrected chi connectivity index (χ3v) is 4.93. The van der Waals surface area contributed by atoms with Gasteiger partial charge in [-0.3, -0.25) is 9.69 Å². The first-order chi connectivity index (χ1) is 11.5. The van der Waals surface area contributed by atoms with Gasteiger partial charge >= 0.3 is 5.97 Å². The zero-order valence-corrected chi connectivity index (χ0v) is 15.1. The Morgan fingerprint density at radius 1 is 1.38 bits per heavy atom. The minimum Gasteiger partial charge on any atom is -0.493 e. The molecule has 7 heteroatoms. The number of carboxylic acids is 1. The van der Waals surface area contributed by atoms with Crippen LogP contribution in [0.5, 0.6) is 11.5 Å². The molecule has 0 heterocycles. The van der Waals surface area contributed by atoms with E-state index in [1.54, 1.807) is 14.2 Å². The Labute approximate surface area is 147 Å². The molecule has 0 radical (unpaired) electrons. The molecule has 0 amide bonds. The number of carbonyl (C=O) groups is 1. The van der Waals surface area contributed by atoms with E-state index in [1.807, 2.05) is 24.0 Å². The quantitative estimate of drug-likeness (QED) is 0.708. The predicted molar refractivity (Wildman–Crippen MR) is 93.1 cm³/mol. The second-order valence-electron chi connectivity index (χ2n) is 5.93. The lowest BCUT2D eigenvalue weighted by Crippen LogP contribution is -2.53. The number of likely N-dealkylation sites (N-methyl/N-ethyl adjacent to an activating group) is 1. The van der Waals surface area contributed by atoms with Crippen LogP contribution < -0.4 is 14.8 Å². The van der Waals surface area contributed by atoms with E-state index in [2.05, 4.69) is 5.32 Å². The minimum atomic E-state index is -0.773. The molecular formula is C17H25ClN2O4. The Morgan fingerprint density at radius 2 is 2.08 bits per heavy atom. The molecule has 6 nitrogen and oxygen atoms in total. The number of carboxylic acid groups (broad SMARTS) is 1. The summed E-state index contributed by atoms with van der Waals surface area (Å²) in [4.78, 5) is 12.9. The summed E-state index contributed by atoms with van der Waals surface area (Å²) in [5.41, 5.74) is 0.954. The lowest BCUT2D eigenvalue weighted by molar-refractivity contribution is -0.139. The molecule has 1 aliphatic carbocycles. The number of benzene rings is 1. The fourth-order valence-electron chi connectivity index (χ4n) is 3.05. The van der Waals surface area contributed by atoms with E-state index >= 15 is 0 Å². The highest BCUT2D eigenvalue weighted by Crippen LogP contribution is 2.37. The van der Waals surface area contributed by atoms with E-state index in [1.165, 1.54) is 0 Å². The highest BCUT2D eigenvalue weighted by atomic mass is 35.5. The highest BCUT2D eigenvalue weighted by Gasteiger charge is 2.33. The SMILES string of the molecule is CCN(CC(=O)O)C1CC(NCc2ccc(OC)c(OC)c2Cl)C1. The highest BCUT2D eigenvalue weighted by molar-refractivity contribution is 6.33. The van der Waals surface area contributed by atoms with Crippen LogP contribution in [0.4, 0.5) is 0 Å². The van der Waals surface area contributed by atoms with E-state index in [0.717, 1.165) is 24.9 Å². The Hall–Kier alpha value is -1.50. The van der Waals surface area contributed by atoms with Gasteiger partial charge in [0.2, 0.25) is 0 Å². The maximum absolute atomic E-state index is 10.9. The second kappa shape index (κ2) is 8.55. The summed E-state index contributed by atoms with van der Waals surface area (Å²) in [5, 5.41) is 13.0. The Balaban J connectivity index is 1.87. The van der Waals surface area contributed by atoms with E-state index in [0.29, 0.717) is 35.2 Å². The van der Waals surface area contributed by atoms with Gasteiger partial charge in [-0.25, -0.2) is 0 Å². The molecule has 0 unspecified atom stereocenters. The fourth-order valence-corrected chi connectivity index (χ4v) is 3.35. The van der Waals surface area contributed by atoms with E-state index < -0.39 is 5.97 Å². The standard InChI is InChI=1S/C17H25ClN2O4/c1-4-20(10-15(21)22)13-7-12(8-13)19-9-11-5-6-14(23-2)17(24-3)16(11)18/h5-6,12-13,19H,4,7-10H2,1-3H3,(H,21,22). The maximum Gasteiger partial charge on any atom is 0.317 e. The third-order valence-electron chi connectivity index (χ3n) is 4.52. The maximum atomic E-state index is 10.9. The van der Waals surface area contributed by atoms with E-state index in [9.17, 15) is 4.79 Å². The molecule has 0 spiro atoms. The summed E-state index contributed by atoms with van der Waals surface area (Å²) in [7, 11) is 3.15. The molecule has 2 N–H and O–H groups in total. The van der Waals surface area contributed by atoms with Gasteiger partial charge in [0, 0.05) is 18.6 Å². The topological polar surface area (TPSA) is 71.0 Å². The molecule has 1 saturated carbocycles. The van der Waals surface area contributed by atoms with Crippen LogP contribution >= 0.6 is 11.6 Å². The first-order valence-electron chi connectivity index (χ1n) is 8.08. The number of nitrogens with one attached hydrogen (secondary N) is 1. The Morgan fingerprint density at radius 3 is 2.62 bits per heavy atom. The molecule has 1 fully saturated rings. The van der Waals surface area contributed by atoms with Gasteiger partial charge in [0.25, 0.3) is 0 Å². The van der Waals surface area contributed by atoms with Crippen molar-refractivity contribution >= 4 is 17.6 Å². The Bertz CT molecular complexity index is 576. The van der Waals surface area contributed by atoms with Crippen molar-refractivity contribution in [2.24, 2.45) is 0 Å². The predicted octanol–water partition coefficient (Wildman–Crippen LogP) is 2.38. The summed E-state index contributed by atoms with van der Waals surface area (Å²) in [6.45, 7) is 3.50. The van der Waals surface area contributed by atoms with Crippen molar-refractivity contribution in [1.29, 1.82) is 0 Å². The summed E-state index contributed by atoms with van der Waals surface area (Å²) in [6, 6.07) is 4.48. The van der Waals surface area contributed by atoms with Gasteiger partial charge in [0.15, 0.2) is 11.5 Å². The summed E-state index contributed by atoms with van der Waals surface area (Å²) < 4.78 is 10.5. The van der Waals surface area contributed by atoms with Gasteiger partial charge in [-0.15, -0.1) is 0 Å². The minimum absolute atomic E-state index is 0.107.